The first-order valence-corrected chi connectivity index (χ1v) is 8.18. The van der Waals surface area contributed by atoms with Gasteiger partial charge in [0.25, 0.3) is 5.56 Å². The molecule has 7 heteroatoms. The van der Waals surface area contributed by atoms with Gasteiger partial charge < -0.3 is 9.64 Å². The number of morpholine rings is 1. The molecule has 4 rings (SSSR count). The first-order valence-electron chi connectivity index (χ1n) is 7.39. The fraction of sp³-hybridized carbons (Fsp3) is 0.467. The second-order valence-corrected chi connectivity index (χ2v) is 6.56. The number of rotatable bonds is 2. The van der Waals surface area contributed by atoms with Gasteiger partial charge in [-0.3, -0.25) is 9.36 Å². The van der Waals surface area contributed by atoms with E-state index in [0.717, 1.165) is 12.8 Å². The summed E-state index contributed by atoms with van der Waals surface area (Å²) in [6, 6.07) is 2.81. The normalized spacial score (nSPS) is 18.9. The molecule has 0 radical (unpaired) electrons. The van der Waals surface area contributed by atoms with Gasteiger partial charge >= 0.3 is 0 Å². The van der Waals surface area contributed by atoms with Gasteiger partial charge in [0, 0.05) is 23.6 Å². The van der Waals surface area contributed by atoms with Gasteiger partial charge in [-0.25, -0.2) is 9.37 Å². The van der Waals surface area contributed by atoms with Crippen molar-refractivity contribution in [1.82, 2.24) is 9.55 Å². The van der Waals surface area contributed by atoms with Crippen LogP contribution < -0.4 is 10.5 Å². The van der Waals surface area contributed by atoms with E-state index in [9.17, 15) is 9.18 Å². The Morgan fingerprint density at radius 2 is 2.00 bits per heavy atom. The minimum Gasteiger partial charge on any atom is -0.378 e. The average molecular weight is 368 g/mol. The Morgan fingerprint density at radius 3 is 2.68 bits per heavy atom. The van der Waals surface area contributed by atoms with Gasteiger partial charge in [0.1, 0.15) is 5.82 Å². The molecule has 2 aliphatic rings. The van der Waals surface area contributed by atoms with Crippen molar-refractivity contribution < 1.29 is 9.13 Å². The molecular weight excluding hydrogens is 353 g/mol. The molecular formula is C15H15BrFN3O2. The lowest BCUT2D eigenvalue weighted by molar-refractivity contribution is 0.121. The van der Waals surface area contributed by atoms with Crippen LogP contribution in [0, 0.1) is 5.82 Å². The van der Waals surface area contributed by atoms with Crippen LogP contribution >= 0.6 is 15.9 Å². The van der Waals surface area contributed by atoms with Gasteiger partial charge in [-0.15, -0.1) is 0 Å². The van der Waals surface area contributed by atoms with Crippen LogP contribution in [0.15, 0.2) is 21.4 Å². The molecule has 5 nitrogen and oxygen atoms in total. The molecule has 2 heterocycles. The van der Waals surface area contributed by atoms with E-state index in [2.05, 4.69) is 25.8 Å². The largest absolute Gasteiger partial charge is 0.378 e. The monoisotopic (exact) mass is 367 g/mol. The molecule has 1 saturated heterocycles. The summed E-state index contributed by atoms with van der Waals surface area (Å²) in [5.41, 5.74) is 0.360. The maximum absolute atomic E-state index is 13.6. The molecule has 22 heavy (non-hydrogen) atoms. The highest BCUT2D eigenvalue weighted by molar-refractivity contribution is 9.10. The lowest BCUT2D eigenvalue weighted by Crippen LogP contribution is -2.40. The number of fused-ring (bicyclic) bond motifs is 1. The first kappa shape index (κ1) is 14.1. The van der Waals surface area contributed by atoms with Crippen molar-refractivity contribution >= 4 is 32.8 Å². The van der Waals surface area contributed by atoms with Gasteiger partial charge in [-0.1, -0.05) is 0 Å². The number of anilines is 1. The van der Waals surface area contributed by atoms with E-state index in [1.165, 1.54) is 12.1 Å². The molecule has 1 saturated carbocycles. The van der Waals surface area contributed by atoms with Gasteiger partial charge in [0.15, 0.2) is 0 Å². The molecule has 116 valence electrons. The SMILES string of the molecule is O=c1c2cc(F)cc(Br)c2nc(N2CCOCC2)n1C1CC1. The summed E-state index contributed by atoms with van der Waals surface area (Å²) in [4.78, 5) is 19.6. The van der Waals surface area contributed by atoms with Crippen LogP contribution in [0.4, 0.5) is 10.3 Å². The zero-order valence-corrected chi connectivity index (χ0v) is 13.5. The van der Waals surface area contributed by atoms with E-state index in [4.69, 9.17) is 4.74 Å². The maximum Gasteiger partial charge on any atom is 0.263 e. The summed E-state index contributed by atoms with van der Waals surface area (Å²) in [6.07, 6.45) is 1.95. The van der Waals surface area contributed by atoms with Crippen molar-refractivity contribution in [2.45, 2.75) is 18.9 Å². The standard InChI is InChI=1S/C15H15BrFN3O2/c16-12-8-9(17)7-11-13(12)18-15(19-3-5-22-6-4-19)20(14(11)21)10-1-2-10/h7-8,10H,1-6H2. The van der Waals surface area contributed by atoms with Crippen LogP contribution in [0.5, 0.6) is 0 Å². The summed E-state index contributed by atoms with van der Waals surface area (Å²) in [6.45, 7) is 2.68. The van der Waals surface area contributed by atoms with E-state index in [1.807, 2.05) is 0 Å². The fourth-order valence-corrected chi connectivity index (χ4v) is 3.39. The molecule has 0 amide bonds. The van der Waals surface area contributed by atoms with E-state index in [-0.39, 0.29) is 11.6 Å². The molecule has 1 aliphatic carbocycles. The molecule has 1 aromatic heterocycles. The second-order valence-electron chi connectivity index (χ2n) is 5.70. The van der Waals surface area contributed by atoms with Crippen LogP contribution in [-0.4, -0.2) is 35.9 Å². The highest BCUT2D eigenvalue weighted by atomic mass is 79.9. The summed E-state index contributed by atoms with van der Waals surface area (Å²) >= 11 is 3.32. The zero-order chi connectivity index (χ0) is 15.3. The van der Waals surface area contributed by atoms with E-state index in [0.29, 0.717) is 47.6 Å². The quantitative estimate of drug-likeness (QED) is 0.817. The average Bonchev–Trinajstić information content (AvgIpc) is 3.33. The van der Waals surface area contributed by atoms with Crippen LogP contribution in [0.25, 0.3) is 10.9 Å². The number of hydrogen-bond donors (Lipinski definition) is 0. The molecule has 2 aromatic rings. The van der Waals surface area contributed by atoms with Crippen molar-refractivity contribution in [1.29, 1.82) is 0 Å². The number of hydrogen-bond acceptors (Lipinski definition) is 4. The molecule has 1 aliphatic heterocycles. The molecule has 0 bridgehead atoms. The van der Waals surface area contributed by atoms with E-state index < -0.39 is 5.82 Å². The van der Waals surface area contributed by atoms with Crippen molar-refractivity contribution in [3.63, 3.8) is 0 Å². The molecule has 0 spiro atoms. The van der Waals surface area contributed by atoms with Crippen molar-refractivity contribution in [2.75, 3.05) is 31.2 Å². The number of ether oxygens (including phenoxy) is 1. The van der Waals surface area contributed by atoms with Gasteiger partial charge in [0.05, 0.1) is 24.1 Å². The van der Waals surface area contributed by atoms with Crippen molar-refractivity contribution in [2.24, 2.45) is 0 Å². The predicted octanol–water partition coefficient (Wildman–Crippen LogP) is 2.47. The van der Waals surface area contributed by atoms with Crippen molar-refractivity contribution in [3.8, 4) is 0 Å². The number of halogens is 2. The third-order valence-electron chi connectivity index (χ3n) is 4.11. The van der Waals surface area contributed by atoms with Gasteiger partial charge in [0.2, 0.25) is 5.95 Å². The Bertz CT molecular complexity index is 797. The molecule has 0 unspecified atom stereocenters. The third-order valence-corrected chi connectivity index (χ3v) is 4.72. The van der Waals surface area contributed by atoms with Crippen LogP contribution in [0.2, 0.25) is 0 Å². The summed E-state index contributed by atoms with van der Waals surface area (Å²) in [7, 11) is 0. The molecule has 0 N–H and O–H groups in total. The summed E-state index contributed by atoms with van der Waals surface area (Å²) in [5, 5.41) is 0.329. The van der Waals surface area contributed by atoms with E-state index in [1.54, 1.807) is 4.57 Å². The lowest BCUT2D eigenvalue weighted by atomic mass is 10.2. The Labute approximate surface area is 134 Å². The van der Waals surface area contributed by atoms with Crippen LogP contribution in [0.3, 0.4) is 0 Å². The minimum absolute atomic E-state index is 0.158. The molecule has 0 atom stereocenters. The Balaban J connectivity index is 1.98. The number of benzene rings is 1. The zero-order valence-electron chi connectivity index (χ0n) is 11.9. The lowest BCUT2D eigenvalue weighted by Gasteiger charge is -2.30. The maximum atomic E-state index is 13.6. The Morgan fingerprint density at radius 1 is 1.27 bits per heavy atom. The topological polar surface area (TPSA) is 47.4 Å². The van der Waals surface area contributed by atoms with Gasteiger partial charge in [-0.05, 0) is 40.9 Å². The van der Waals surface area contributed by atoms with Crippen LogP contribution in [0.1, 0.15) is 18.9 Å². The Kier molecular flexibility index (Phi) is 3.41. The van der Waals surface area contributed by atoms with Crippen molar-refractivity contribution in [3.05, 3.63) is 32.8 Å². The summed E-state index contributed by atoms with van der Waals surface area (Å²) in [5.74, 6) is 0.246. The number of aromatic nitrogens is 2. The highest BCUT2D eigenvalue weighted by Gasteiger charge is 2.31. The Hall–Kier alpha value is -1.47. The van der Waals surface area contributed by atoms with E-state index >= 15 is 0 Å². The third kappa shape index (κ3) is 2.32. The first-order chi connectivity index (χ1) is 10.6. The van der Waals surface area contributed by atoms with Crippen LogP contribution in [-0.2, 0) is 4.74 Å². The molecule has 1 aromatic carbocycles. The fourth-order valence-electron chi connectivity index (χ4n) is 2.87. The smallest absolute Gasteiger partial charge is 0.263 e. The highest BCUT2D eigenvalue weighted by Crippen LogP contribution is 2.37. The molecule has 2 fully saturated rings. The summed E-state index contributed by atoms with van der Waals surface area (Å²) < 4.78 is 21.3. The number of nitrogens with zero attached hydrogens (tertiary/aromatic N) is 3. The second kappa shape index (κ2) is 5.31. The van der Waals surface area contributed by atoms with Gasteiger partial charge in [-0.2, -0.15) is 0 Å². The predicted molar refractivity (Wildman–Crippen MR) is 85.0 cm³/mol. The minimum atomic E-state index is -0.431.